The van der Waals surface area contributed by atoms with Gasteiger partial charge in [-0.1, -0.05) is 0 Å². The molecule has 8 heteroatoms. The Morgan fingerprint density at radius 3 is 2.59 bits per heavy atom. The van der Waals surface area contributed by atoms with Crippen LogP contribution < -0.4 is 11.2 Å². The quantitative estimate of drug-likeness (QED) is 0.420. The molecule has 2 heterocycles. The van der Waals surface area contributed by atoms with Gasteiger partial charge in [0.1, 0.15) is 18.3 Å². The van der Waals surface area contributed by atoms with Crippen LogP contribution in [-0.4, -0.2) is 49.8 Å². The third kappa shape index (κ3) is 2.03. The molecule has 4 N–H and O–H groups in total. The van der Waals surface area contributed by atoms with Gasteiger partial charge in [0.15, 0.2) is 6.23 Å². The summed E-state index contributed by atoms with van der Waals surface area (Å²) in [6.07, 6.45) is -3.58. The van der Waals surface area contributed by atoms with E-state index in [1.165, 1.54) is 0 Å². The van der Waals surface area contributed by atoms with Crippen LogP contribution in [0.1, 0.15) is 6.23 Å². The molecule has 1 aliphatic rings. The van der Waals surface area contributed by atoms with Gasteiger partial charge in [0, 0.05) is 12.3 Å². The second-order valence-electron chi connectivity index (χ2n) is 3.75. The zero-order chi connectivity index (χ0) is 12.6. The van der Waals surface area contributed by atoms with E-state index >= 15 is 0 Å². The first-order chi connectivity index (χ1) is 8.04. The number of nitrogens with one attached hydrogen (secondary N) is 1. The van der Waals surface area contributed by atoms with Gasteiger partial charge < -0.3 is 20.1 Å². The molecule has 0 spiro atoms. The van der Waals surface area contributed by atoms with Gasteiger partial charge in [0.2, 0.25) is 0 Å². The Hall–Kier alpha value is -1.48. The summed E-state index contributed by atoms with van der Waals surface area (Å²) >= 11 is 0. The van der Waals surface area contributed by atoms with E-state index in [0.717, 1.165) is 16.8 Å². The number of H-pyrrole nitrogens is 1. The topological polar surface area (TPSA) is 125 Å². The molecule has 0 aromatic carbocycles. The first kappa shape index (κ1) is 12.0. The van der Waals surface area contributed by atoms with Gasteiger partial charge in [-0.05, 0) is 0 Å². The molecular formula is C9H12N2O6. The minimum absolute atomic E-state index is 0.479. The molecule has 1 fully saturated rings. The first-order valence-electron chi connectivity index (χ1n) is 4.98. The van der Waals surface area contributed by atoms with Crippen molar-refractivity contribution in [3.8, 4) is 0 Å². The number of aliphatic hydroxyl groups excluding tert-OH is 3. The lowest BCUT2D eigenvalue weighted by Gasteiger charge is -2.16. The fourth-order valence-corrected chi connectivity index (χ4v) is 1.74. The van der Waals surface area contributed by atoms with Gasteiger partial charge >= 0.3 is 5.69 Å². The Kier molecular flexibility index (Phi) is 3.11. The highest BCUT2D eigenvalue weighted by atomic mass is 16.8. The van der Waals surface area contributed by atoms with E-state index in [4.69, 9.17) is 9.84 Å². The highest BCUT2D eigenvalue weighted by molar-refractivity contribution is 4.92. The van der Waals surface area contributed by atoms with Crippen molar-refractivity contribution in [3.05, 3.63) is 33.1 Å². The summed E-state index contributed by atoms with van der Waals surface area (Å²) in [5.74, 6) is 0. The maximum absolute atomic E-state index is 11.4. The SMILES string of the molecule is O=[13c]1[13cH][13cH]n([13C@@H]2O[13C@H]([13CH2]O)[13CH](O)[13C@@H]2O)[13c](=O)[nH]1. The van der Waals surface area contributed by atoms with Crippen LogP contribution in [0.5, 0.6) is 0 Å². The van der Waals surface area contributed by atoms with Gasteiger partial charge in [-0.15, -0.1) is 0 Å². The zero-order valence-electron chi connectivity index (χ0n) is 8.68. The average molecular weight is 253 g/mol. The minimum atomic E-state index is -1.35. The summed E-state index contributed by atoms with van der Waals surface area (Å²) < 4.78 is 6.08. The number of aliphatic hydroxyl groups is 3. The fraction of sp³-hybridized carbons (Fsp3) is 0.556. The molecule has 1 aliphatic heterocycles. The molecule has 0 radical (unpaired) electrons. The van der Waals surface area contributed by atoms with Gasteiger partial charge in [-0.3, -0.25) is 14.3 Å². The molecule has 1 aromatic rings. The van der Waals surface area contributed by atoms with Crippen molar-refractivity contribution >= 4 is 0 Å². The first-order valence-corrected chi connectivity index (χ1v) is 4.98. The van der Waals surface area contributed by atoms with Crippen LogP contribution in [0.25, 0.3) is 0 Å². The van der Waals surface area contributed by atoms with Crippen LogP contribution >= 0.6 is 0 Å². The number of nitrogens with zero attached hydrogens (tertiary/aromatic N) is 1. The summed E-state index contributed by atoms with van der Waals surface area (Å²) in [6, 6.07) is 1.09. The van der Waals surface area contributed by atoms with Gasteiger partial charge in [-0.25, -0.2) is 4.79 Å². The van der Waals surface area contributed by atoms with Crippen LogP contribution in [0.15, 0.2) is 21.9 Å². The predicted molar refractivity (Wildman–Crippen MR) is 54.3 cm³/mol. The van der Waals surface area contributed by atoms with E-state index < -0.39 is 42.4 Å². The minimum Gasteiger partial charge on any atom is -0.394 e. The van der Waals surface area contributed by atoms with Crippen LogP contribution in [-0.2, 0) is 4.74 Å². The number of hydrogen-bond donors (Lipinski definition) is 4. The standard InChI is InChI=1S/C9H12N2O6/c12-3-4-6(14)7(15)8(17-4)11-2-1-5(13)10-9(11)16/h1-2,4,6-8,12,14-15H,3H2,(H,10,13,16)/t4-,6?,7+,8-/m1/s1/i1+1,2+1,3+1,4+1,5+1,6+1,7+1,8+1,9+1. The Labute approximate surface area is 94.7 Å². The molecule has 1 saturated heterocycles. The molecule has 1 aromatic heterocycles. The summed E-state index contributed by atoms with van der Waals surface area (Å²) in [5.41, 5.74) is -1.33. The molecule has 2 rings (SSSR count). The van der Waals surface area contributed by atoms with E-state index in [2.05, 4.69) is 0 Å². The maximum Gasteiger partial charge on any atom is 0.330 e. The molecule has 0 bridgehead atoms. The molecule has 0 aliphatic carbocycles. The molecule has 94 valence electrons. The Balaban J connectivity index is 2.35. The predicted octanol–water partition coefficient (Wildman–Crippen LogP) is -2.85. The van der Waals surface area contributed by atoms with E-state index in [-0.39, 0.29) is 0 Å². The van der Waals surface area contributed by atoms with Crippen LogP contribution in [0.2, 0.25) is 0 Å². The lowest BCUT2D eigenvalue weighted by Crippen LogP contribution is -2.37. The highest BCUT2D eigenvalue weighted by Crippen LogP contribution is 2.27. The number of hydrogen-bond acceptors (Lipinski definition) is 6. The van der Waals surface area contributed by atoms with Crippen LogP contribution in [0.4, 0.5) is 0 Å². The maximum atomic E-state index is 11.4. The zero-order valence-corrected chi connectivity index (χ0v) is 8.68. The summed E-state index contributed by atoms with van der Waals surface area (Å²) in [5, 5.41) is 28.1. The summed E-state index contributed by atoms with van der Waals surface area (Å²) in [7, 11) is 0. The second kappa shape index (κ2) is 4.41. The molecule has 17 heavy (non-hydrogen) atoms. The van der Waals surface area contributed by atoms with Crippen molar-refractivity contribution in [3.63, 3.8) is 0 Å². The van der Waals surface area contributed by atoms with E-state index in [1.54, 1.807) is 0 Å². The van der Waals surface area contributed by atoms with E-state index in [9.17, 15) is 19.8 Å². The largest absolute Gasteiger partial charge is 0.394 e. The molecular weight excluding hydrogens is 241 g/mol. The molecule has 0 saturated carbocycles. The number of aromatic nitrogens is 2. The smallest absolute Gasteiger partial charge is 0.330 e. The number of aromatic amines is 1. The van der Waals surface area contributed by atoms with Gasteiger partial charge in [0.05, 0.1) is 6.61 Å². The van der Waals surface area contributed by atoms with Crippen molar-refractivity contribution < 1.29 is 20.1 Å². The molecule has 0 amide bonds. The van der Waals surface area contributed by atoms with Gasteiger partial charge in [-0.2, -0.15) is 0 Å². The van der Waals surface area contributed by atoms with E-state index in [0.29, 0.717) is 0 Å². The molecule has 8 nitrogen and oxygen atoms in total. The van der Waals surface area contributed by atoms with Gasteiger partial charge in [0.25, 0.3) is 5.56 Å². The van der Waals surface area contributed by atoms with E-state index in [1.807, 2.05) is 4.98 Å². The number of ether oxygens (including phenoxy) is 1. The van der Waals surface area contributed by atoms with Crippen molar-refractivity contribution in [1.82, 2.24) is 9.55 Å². The van der Waals surface area contributed by atoms with Crippen molar-refractivity contribution in [2.75, 3.05) is 6.61 Å². The lowest BCUT2D eigenvalue weighted by atomic mass is 11.1. The summed E-state index contributed by atoms with van der Waals surface area (Å²) in [6.45, 7) is -0.479. The molecule has 1 unspecified atom stereocenters. The Morgan fingerprint density at radius 2 is 2.06 bits per heavy atom. The highest BCUT2D eigenvalue weighted by Gasteiger charge is 2.43. The third-order valence-corrected chi connectivity index (χ3v) is 2.64. The second-order valence-corrected chi connectivity index (χ2v) is 3.75. The van der Waals surface area contributed by atoms with Crippen LogP contribution in [0.3, 0.4) is 0 Å². The Morgan fingerprint density at radius 1 is 1.35 bits per heavy atom. The third-order valence-electron chi connectivity index (χ3n) is 2.64. The van der Waals surface area contributed by atoms with Crippen LogP contribution in [0, 0.1) is 0 Å². The van der Waals surface area contributed by atoms with Crippen molar-refractivity contribution in [2.24, 2.45) is 0 Å². The van der Waals surface area contributed by atoms with Crippen molar-refractivity contribution in [2.45, 2.75) is 24.5 Å². The lowest BCUT2D eigenvalue weighted by molar-refractivity contribution is -0.0550. The summed E-state index contributed by atoms with van der Waals surface area (Å²) in [4.78, 5) is 24.3. The Bertz CT molecular complexity index is 509. The van der Waals surface area contributed by atoms with Crippen molar-refractivity contribution in [1.29, 1.82) is 0 Å². The number of rotatable bonds is 2. The monoisotopic (exact) mass is 253 g/mol. The normalized spacial score (nSPS) is 32.9. The average Bonchev–Trinajstić information content (AvgIpc) is 2.57. The fourth-order valence-electron chi connectivity index (χ4n) is 1.74. The molecule has 4 atom stereocenters.